The number of carbonyl (C=O) groups excluding carboxylic acids is 2. The zero-order valence-corrected chi connectivity index (χ0v) is 20.6. The molecule has 0 aromatic carbocycles. The summed E-state index contributed by atoms with van der Waals surface area (Å²) >= 11 is 0. The van der Waals surface area contributed by atoms with Crippen LogP contribution in [-0.2, 0) is 23.3 Å². The van der Waals surface area contributed by atoms with E-state index in [1.165, 1.54) is 0 Å². The smallest absolute Gasteiger partial charge is 0.277 e. The highest BCUT2D eigenvalue weighted by molar-refractivity contribution is 8.33. The molecule has 170 valence electrons. The highest BCUT2D eigenvalue weighted by atomic mass is 32.3. The third-order valence-corrected chi connectivity index (χ3v) is 13.1. The number of fused-ring (bicyclic) bond motifs is 2. The molecule has 2 bridgehead atoms. The molecule has 2 saturated carbocycles. The number of carbonyl (C=O) groups is 2. The summed E-state index contributed by atoms with van der Waals surface area (Å²) in [7, 11) is -5.98. The van der Waals surface area contributed by atoms with Crippen LogP contribution in [0.25, 0.3) is 0 Å². The van der Waals surface area contributed by atoms with Crippen LogP contribution in [0.5, 0.6) is 0 Å². The van der Waals surface area contributed by atoms with Gasteiger partial charge in [-0.25, -0.2) is 3.63 Å². The van der Waals surface area contributed by atoms with Crippen LogP contribution >= 0.6 is 10.3 Å². The molecule has 0 heterocycles. The predicted molar refractivity (Wildman–Crippen MR) is 121 cm³/mol. The van der Waals surface area contributed by atoms with E-state index in [0.29, 0.717) is 30.8 Å². The van der Waals surface area contributed by atoms with Gasteiger partial charge in [-0.05, 0) is 37.0 Å². The van der Waals surface area contributed by atoms with Crippen LogP contribution in [0.15, 0.2) is 0 Å². The van der Waals surface area contributed by atoms with Gasteiger partial charge in [0.1, 0.15) is 11.6 Å². The van der Waals surface area contributed by atoms with Crippen molar-refractivity contribution in [3.05, 3.63) is 0 Å². The standard InChI is InChI=1S/C22H40O5S2/c1-6-9-13-28(14-10-7-2,16-19(23)8-3)27-29(25,26)17-22-12-11-18(15-20(22)24)21(22,4)5/h18H,6-17H2,1-5H3. The number of rotatable bonds is 13. The second-order valence-electron chi connectivity index (χ2n) is 9.55. The molecule has 2 fully saturated rings. The molecule has 29 heavy (non-hydrogen) atoms. The Balaban J connectivity index is 2.32. The summed E-state index contributed by atoms with van der Waals surface area (Å²) in [6.07, 6.45) is 5.99. The first kappa shape index (κ1) is 24.9. The van der Waals surface area contributed by atoms with Gasteiger partial charge in [0.15, 0.2) is 0 Å². The Bertz CT molecular complexity index is 705. The summed E-state index contributed by atoms with van der Waals surface area (Å²) in [4.78, 5) is 25.2. The zero-order valence-electron chi connectivity index (χ0n) is 18.9. The van der Waals surface area contributed by atoms with E-state index in [1.807, 2.05) is 20.8 Å². The molecular weight excluding hydrogens is 408 g/mol. The molecule has 0 radical (unpaired) electrons. The molecule has 2 aliphatic carbocycles. The first-order valence-corrected chi connectivity index (χ1v) is 14.9. The summed E-state index contributed by atoms with van der Waals surface area (Å²) in [5.74, 6) is 1.69. The second-order valence-corrected chi connectivity index (χ2v) is 14.5. The Morgan fingerprint density at radius 1 is 1.10 bits per heavy atom. The van der Waals surface area contributed by atoms with Crippen LogP contribution in [0.3, 0.4) is 0 Å². The number of unbranched alkanes of at least 4 members (excludes halogenated alkanes) is 2. The Hall–Kier alpha value is -0.400. The van der Waals surface area contributed by atoms with Crippen molar-refractivity contribution in [2.45, 2.75) is 86.0 Å². The maximum atomic E-state index is 13.3. The van der Waals surface area contributed by atoms with Crippen LogP contribution in [0, 0.1) is 16.7 Å². The lowest BCUT2D eigenvalue weighted by Gasteiger charge is -2.41. The molecule has 7 heteroatoms. The number of ketones is 2. The van der Waals surface area contributed by atoms with Gasteiger partial charge >= 0.3 is 0 Å². The van der Waals surface area contributed by atoms with E-state index in [1.54, 1.807) is 0 Å². The summed E-state index contributed by atoms with van der Waals surface area (Å²) in [6.45, 7) is 10.0. The van der Waals surface area contributed by atoms with Gasteiger partial charge in [0, 0.05) is 24.3 Å². The Labute approximate surface area is 179 Å². The van der Waals surface area contributed by atoms with Crippen LogP contribution in [0.2, 0.25) is 0 Å². The summed E-state index contributed by atoms with van der Waals surface area (Å²) < 4.78 is 32.7. The summed E-state index contributed by atoms with van der Waals surface area (Å²) in [6, 6.07) is 0. The number of hydrogen-bond donors (Lipinski definition) is 0. The predicted octanol–water partition coefficient (Wildman–Crippen LogP) is 5.03. The Morgan fingerprint density at radius 3 is 2.10 bits per heavy atom. The fourth-order valence-corrected chi connectivity index (χ4v) is 12.1. The molecule has 0 aromatic heterocycles. The van der Waals surface area contributed by atoms with Gasteiger partial charge in [-0.15, -0.1) is 10.3 Å². The van der Waals surface area contributed by atoms with Crippen molar-refractivity contribution in [2.24, 2.45) is 16.7 Å². The Morgan fingerprint density at radius 2 is 1.69 bits per heavy atom. The van der Waals surface area contributed by atoms with E-state index in [9.17, 15) is 18.0 Å². The van der Waals surface area contributed by atoms with Crippen molar-refractivity contribution >= 4 is 32.0 Å². The lowest BCUT2D eigenvalue weighted by atomic mass is 9.70. The van der Waals surface area contributed by atoms with Crippen molar-refractivity contribution in [3.63, 3.8) is 0 Å². The van der Waals surface area contributed by atoms with Crippen LogP contribution in [-0.4, -0.2) is 43.0 Å². The quantitative estimate of drug-likeness (QED) is 0.395. The van der Waals surface area contributed by atoms with Gasteiger partial charge in [0.05, 0.1) is 16.9 Å². The van der Waals surface area contributed by atoms with E-state index in [2.05, 4.69) is 13.8 Å². The molecular formula is C22H40O5S2. The minimum Gasteiger partial charge on any atom is -0.299 e. The lowest BCUT2D eigenvalue weighted by Crippen LogP contribution is -2.43. The minimum absolute atomic E-state index is 0.0683. The summed E-state index contributed by atoms with van der Waals surface area (Å²) in [5, 5.41) is 0. The van der Waals surface area contributed by atoms with Gasteiger partial charge < -0.3 is 0 Å². The van der Waals surface area contributed by atoms with Crippen LogP contribution in [0.1, 0.15) is 86.0 Å². The molecule has 2 rings (SSSR count). The van der Waals surface area contributed by atoms with E-state index in [4.69, 9.17) is 3.63 Å². The van der Waals surface area contributed by atoms with E-state index in [-0.39, 0.29) is 34.4 Å². The number of Topliss-reactive ketones (excluding diaryl/α,β-unsaturated/α-hetero) is 2. The van der Waals surface area contributed by atoms with E-state index < -0.39 is 25.8 Å². The topological polar surface area (TPSA) is 77.5 Å². The van der Waals surface area contributed by atoms with Crippen molar-refractivity contribution < 1.29 is 21.6 Å². The molecule has 0 spiro atoms. The normalized spacial score (nSPS) is 26.8. The lowest BCUT2D eigenvalue weighted by molar-refractivity contribution is -0.128. The molecule has 2 aliphatic rings. The van der Waals surface area contributed by atoms with Crippen molar-refractivity contribution in [1.29, 1.82) is 0 Å². The maximum absolute atomic E-state index is 13.3. The molecule has 2 atom stereocenters. The van der Waals surface area contributed by atoms with Crippen LogP contribution in [0.4, 0.5) is 0 Å². The second kappa shape index (κ2) is 9.39. The highest BCUT2D eigenvalue weighted by Crippen LogP contribution is 2.65. The first-order valence-electron chi connectivity index (χ1n) is 11.2. The average Bonchev–Trinajstić information content (AvgIpc) is 2.98. The molecule has 2 unspecified atom stereocenters. The molecule has 5 nitrogen and oxygen atoms in total. The Kier molecular flexibility index (Phi) is 8.05. The van der Waals surface area contributed by atoms with Crippen molar-refractivity contribution in [3.8, 4) is 0 Å². The molecule has 0 aromatic rings. The molecule has 0 amide bonds. The SMILES string of the molecule is CCCCS(CCCC)(CC(=O)CC)OS(=O)(=O)CC12CCC(CC1=O)C2(C)C. The third-order valence-electron chi connectivity index (χ3n) is 7.37. The van der Waals surface area contributed by atoms with E-state index >= 15 is 0 Å². The van der Waals surface area contributed by atoms with Gasteiger partial charge in [-0.2, -0.15) is 8.42 Å². The highest BCUT2D eigenvalue weighted by Gasteiger charge is 2.65. The number of hydrogen-bond acceptors (Lipinski definition) is 5. The summed E-state index contributed by atoms with van der Waals surface area (Å²) in [5.41, 5.74) is -1.14. The molecule has 0 aliphatic heterocycles. The fourth-order valence-electron chi connectivity index (χ4n) is 5.20. The van der Waals surface area contributed by atoms with Gasteiger partial charge in [0.2, 0.25) is 0 Å². The fraction of sp³-hybridized carbons (Fsp3) is 0.909. The largest absolute Gasteiger partial charge is 0.299 e. The zero-order chi connectivity index (χ0) is 21.9. The van der Waals surface area contributed by atoms with Gasteiger partial charge in [-0.3, -0.25) is 9.59 Å². The molecule has 0 N–H and O–H groups in total. The van der Waals surface area contributed by atoms with Crippen LogP contribution < -0.4 is 0 Å². The minimum atomic E-state index is -3.92. The van der Waals surface area contributed by atoms with E-state index in [0.717, 1.165) is 32.1 Å². The first-order chi connectivity index (χ1) is 13.5. The monoisotopic (exact) mass is 448 g/mol. The average molecular weight is 449 g/mol. The van der Waals surface area contributed by atoms with Gasteiger partial charge in [-0.1, -0.05) is 47.5 Å². The third kappa shape index (κ3) is 5.09. The van der Waals surface area contributed by atoms with Crippen molar-refractivity contribution in [1.82, 2.24) is 0 Å². The van der Waals surface area contributed by atoms with Gasteiger partial charge in [0.25, 0.3) is 10.1 Å². The maximum Gasteiger partial charge on any atom is 0.277 e. The molecule has 0 saturated heterocycles. The van der Waals surface area contributed by atoms with Crippen molar-refractivity contribution in [2.75, 3.05) is 23.0 Å².